The summed E-state index contributed by atoms with van der Waals surface area (Å²) in [5, 5.41) is 6.96. The van der Waals surface area contributed by atoms with Gasteiger partial charge >= 0.3 is 0 Å². The first kappa shape index (κ1) is 38.2. The molecule has 0 unspecified atom stereocenters. The van der Waals surface area contributed by atoms with Gasteiger partial charge in [-0.05, 0) is 80.2 Å². The zero-order valence-electron chi connectivity index (χ0n) is 27.7. The molecule has 3 aromatic carbocycles. The summed E-state index contributed by atoms with van der Waals surface area (Å²) >= 11 is 0. The molecule has 0 aromatic heterocycles. The molecular weight excluding hydrogens is 512 g/mol. The van der Waals surface area contributed by atoms with Crippen LogP contribution in [0.2, 0.25) is 0 Å². The van der Waals surface area contributed by atoms with Crippen molar-refractivity contribution in [3.63, 3.8) is 0 Å². The molecule has 0 aliphatic rings. The fraction of sp³-hybridized carbons (Fsp3) is 0.368. The van der Waals surface area contributed by atoms with E-state index in [1.54, 1.807) is 0 Å². The molecule has 0 saturated heterocycles. The van der Waals surface area contributed by atoms with Gasteiger partial charge in [-0.3, -0.25) is 0 Å². The second-order valence-electron chi connectivity index (χ2n) is 9.89. The molecule has 0 spiro atoms. The van der Waals surface area contributed by atoms with Gasteiger partial charge < -0.3 is 20.4 Å². The molecule has 0 bridgehead atoms. The predicted octanol–water partition coefficient (Wildman–Crippen LogP) is 9.34. The first-order valence-corrected chi connectivity index (χ1v) is 15.2. The minimum absolute atomic E-state index is 0.762. The standard InChI is InChI=1S/C32H44N4.C2H6.2C2H4/c1-7-19-36(20-11-16-29-15-9-8-12-25(29)2)32-18-17-30(22-31(32)33-4)26(3)34-23-27-13-10-14-28(21-27)24-35(5)6;3*1-2/h8-10,12-15,17-18,21-22,33-34H,3,7,11,16,19-20,23-24H2,1-2,4-6H3;1-2H3;2*1-2H2. The molecular formula is C38H58N4. The number of nitrogens with zero attached hydrogens (tertiary/aromatic N) is 2. The van der Waals surface area contributed by atoms with Crippen molar-refractivity contribution in [2.75, 3.05) is 44.4 Å². The zero-order valence-corrected chi connectivity index (χ0v) is 27.7. The van der Waals surface area contributed by atoms with Crippen molar-refractivity contribution in [1.29, 1.82) is 0 Å². The van der Waals surface area contributed by atoms with Crippen LogP contribution in [0.25, 0.3) is 5.70 Å². The SMILES string of the molecule is C=C.C=C.C=C(NCc1cccc(CN(C)C)c1)c1ccc(N(CCC)CCCc2ccccc2C)c(NC)c1.CC. The van der Waals surface area contributed by atoms with Gasteiger partial charge in [-0.2, -0.15) is 0 Å². The maximum Gasteiger partial charge on any atom is 0.0602 e. The molecule has 4 heteroatoms. The van der Waals surface area contributed by atoms with E-state index in [4.69, 9.17) is 0 Å². The van der Waals surface area contributed by atoms with Gasteiger partial charge in [0.2, 0.25) is 0 Å². The summed E-state index contributed by atoms with van der Waals surface area (Å²) in [7, 11) is 6.20. The Morgan fingerprint density at radius 1 is 0.833 bits per heavy atom. The second kappa shape index (κ2) is 22.9. The van der Waals surface area contributed by atoms with E-state index < -0.39 is 0 Å². The molecule has 3 rings (SSSR count). The third kappa shape index (κ3) is 13.3. The third-order valence-electron chi connectivity index (χ3n) is 6.58. The molecule has 0 heterocycles. The van der Waals surface area contributed by atoms with Gasteiger partial charge in [0.15, 0.2) is 0 Å². The summed E-state index contributed by atoms with van der Waals surface area (Å²) in [4.78, 5) is 4.71. The largest absolute Gasteiger partial charge is 0.386 e. The number of hydrogen-bond acceptors (Lipinski definition) is 4. The molecule has 0 aliphatic carbocycles. The van der Waals surface area contributed by atoms with Crippen LogP contribution in [-0.4, -0.2) is 39.1 Å². The maximum atomic E-state index is 4.33. The quantitative estimate of drug-likeness (QED) is 0.189. The van der Waals surface area contributed by atoms with Gasteiger partial charge in [-0.1, -0.05) is 81.9 Å². The fourth-order valence-corrected chi connectivity index (χ4v) is 4.69. The summed E-state index contributed by atoms with van der Waals surface area (Å²) in [6, 6.07) is 24.1. The average molecular weight is 571 g/mol. The summed E-state index contributed by atoms with van der Waals surface area (Å²) in [6.07, 6.45) is 3.36. The van der Waals surface area contributed by atoms with Gasteiger partial charge in [0.05, 0.1) is 11.4 Å². The highest BCUT2D eigenvalue weighted by Gasteiger charge is 2.12. The van der Waals surface area contributed by atoms with E-state index in [1.165, 1.54) is 27.9 Å². The molecule has 2 N–H and O–H groups in total. The molecule has 3 aromatic rings. The lowest BCUT2D eigenvalue weighted by molar-refractivity contribution is 0.402. The number of hydrogen-bond donors (Lipinski definition) is 2. The fourth-order valence-electron chi connectivity index (χ4n) is 4.69. The molecule has 230 valence electrons. The normalized spacial score (nSPS) is 9.71. The van der Waals surface area contributed by atoms with E-state index in [0.29, 0.717) is 0 Å². The first-order valence-electron chi connectivity index (χ1n) is 15.2. The van der Waals surface area contributed by atoms with Gasteiger partial charge in [-0.15, -0.1) is 26.3 Å². The van der Waals surface area contributed by atoms with Crippen LogP contribution >= 0.6 is 0 Å². The molecule has 0 saturated carbocycles. The van der Waals surface area contributed by atoms with Crippen LogP contribution in [0, 0.1) is 6.92 Å². The molecule has 4 nitrogen and oxygen atoms in total. The van der Waals surface area contributed by atoms with Gasteiger partial charge in [-0.25, -0.2) is 0 Å². The zero-order chi connectivity index (χ0) is 31.9. The van der Waals surface area contributed by atoms with Crippen molar-refractivity contribution in [3.05, 3.63) is 127 Å². The van der Waals surface area contributed by atoms with Crippen LogP contribution in [0.5, 0.6) is 0 Å². The van der Waals surface area contributed by atoms with Crippen LogP contribution < -0.4 is 15.5 Å². The van der Waals surface area contributed by atoms with Crippen molar-refractivity contribution < 1.29 is 0 Å². The van der Waals surface area contributed by atoms with Gasteiger partial charge in [0.1, 0.15) is 0 Å². The second-order valence-corrected chi connectivity index (χ2v) is 9.89. The molecule has 42 heavy (non-hydrogen) atoms. The average Bonchev–Trinajstić information content (AvgIpc) is 3.03. The highest BCUT2D eigenvalue weighted by Crippen LogP contribution is 2.29. The van der Waals surface area contributed by atoms with Crippen molar-refractivity contribution >= 4 is 17.1 Å². The number of benzene rings is 3. The molecule has 0 atom stereocenters. The number of rotatable bonds is 14. The Bertz CT molecular complexity index is 1150. The van der Waals surface area contributed by atoms with Crippen molar-refractivity contribution in [3.8, 4) is 0 Å². The lowest BCUT2D eigenvalue weighted by Crippen LogP contribution is -2.26. The summed E-state index contributed by atoms with van der Waals surface area (Å²) in [5.41, 5.74) is 9.89. The highest BCUT2D eigenvalue weighted by atomic mass is 15.1. The third-order valence-corrected chi connectivity index (χ3v) is 6.58. The molecule has 0 fully saturated rings. The van der Waals surface area contributed by atoms with Gasteiger partial charge in [0.25, 0.3) is 0 Å². The smallest absolute Gasteiger partial charge is 0.0602 e. The van der Waals surface area contributed by atoms with E-state index >= 15 is 0 Å². The molecule has 0 amide bonds. The Kier molecular flexibility index (Phi) is 20.8. The van der Waals surface area contributed by atoms with E-state index in [1.807, 2.05) is 20.9 Å². The van der Waals surface area contributed by atoms with E-state index in [9.17, 15) is 0 Å². The van der Waals surface area contributed by atoms with Crippen molar-refractivity contribution in [2.45, 2.75) is 60.0 Å². The first-order chi connectivity index (χ1) is 20.4. The Hall–Kier alpha value is -3.76. The minimum atomic E-state index is 0.762. The van der Waals surface area contributed by atoms with Gasteiger partial charge in [0, 0.05) is 38.9 Å². The van der Waals surface area contributed by atoms with E-state index in [-0.39, 0.29) is 0 Å². The Morgan fingerprint density at radius 3 is 2.12 bits per heavy atom. The van der Waals surface area contributed by atoms with Crippen molar-refractivity contribution in [1.82, 2.24) is 10.2 Å². The summed E-state index contributed by atoms with van der Waals surface area (Å²) in [5.74, 6) is 0. The number of anilines is 2. The van der Waals surface area contributed by atoms with Crippen LogP contribution in [0.4, 0.5) is 11.4 Å². The maximum absolute atomic E-state index is 4.33. The predicted molar refractivity (Wildman–Crippen MR) is 192 cm³/mol. The topological polar surface area (TPSA) is 30.5 Å². The van der Waals surface area contributed by atoms with E-state index in [0.717, 1.165) is 62.4 Å². The molecule has 0 aliphatic heterocycles. The highest BCUT2D eigenvalue weighted by molar-refractivity contribution is 5.76. The van der Waals surface area contributed by atoms with E-state index in [2.05, 4.69) is 148 Å². The van der Waals surface area contributed by atoms with Crippen molar-refractivity contribution in [2.24, 2.45) is 0 Å². The Balaban J connectivity index is 0.00000263. The lowest BCUT2D eigenvalue weighted by atomic mass is 10.0. The lowest BCUT2D eigenvalue weighted by Gasteiger charge is -2.27. The van der Waals surface area contributed by atoms with Crippen LogP contribution in [0.15, 0.2) is 99.6 Å². The minimum Gasteiger partial charge on any atom is -0.386 e. The summed E-state index contributed by atoms with van der Waals surface area (Å²) < 4.78 is 0. The summed E-state index contributed by atoms with van der Waals surface area (Å²) in [6.45, 7) is 28.6. The monoisotopic (exact) mass is 570 g/mol. The Labute approximate surface area is 258 Å². The van der Waals surface area contributed by atoms with Crippen LogP contribution in [-0.2, 0) is 19.5 Å². The van der Waals surface area contributed by atoms with Crippen LogP contribution in [0.1, 0.15) is 61.4 Å². The number of aryl methyl sites for hydroxylation is 2. The molecule has 0 radical (unpaired) electrons. The number of nitrogens with one attached hydrogen (secondary N) is 2. The van der Waals surface area contributed by atoms with Crippen LogP contribution in [0.3, 0.4) is 0 Å². The Morgan fingerprint density at radius 2 is 1.50 bits per heavy atom.